The van der Waals surface area contributed by atoms with Crippen LogP contribution in [-0.4, -0.2) is 29.5 Å². The van der Waals surface area contributed by atoms with Crippen LogP contribution in [0.15, 0.2) is 12.4 Å². The van der Waals surface area contributed by atoms with Crippen molar-refractivity contribution >= 4 is 5.78 Å². The highest BCUT2D eigenvalue weighted by Crippen LogP contribution is 2.40. The van der Waals surface area contributed by atoms with Crippen molar-refractivity contribution in [2.75, 3.05) is 0 Å². The maximum atomic E-state index is 12.8. The van der Waals surface area contributed by atoms with Crippen molar-refractivity contribution in [2.45, 2.75) is 31.9 Å². The number of rotatable bonds is 2. The highest BCUT2D eigenvalue weighted by molar-refractivity contribution is 5.61. The SMILES string of the molecule is Cc1[nH]c(C(F)(F)F)nc1-c1cc(C2CC2)nc2ncnn12. The lowest BCUT2D eigenvalue weighted by Crippen LogP contribution is -2.07. The van der Waals surface area contributed by atoms with Crippen molar-refractivity contribution in [3.63, 3.8) is 0 Å². The standard InChI is InChI=1S/C13H11F3N6/c1-6-10(21-11(19-6)13(14,15)16)9-4-8(7-2-3-7)20-12-17-5-18-22(9)12/h4-5,7H,2-3H2,1H3,(H,19,21). The molecule has 1 aliphatic carbocycles. The number of aromatic nitrogens is 6. The Kier molecular flexibility index (Phi) is 2.57. The summed E-state index contributed by atoms with van der Waals surface area (Å²) in [5, 5.41) is 4.04. The molecule has 3 heterocycles. The van der Waals surface area contributed by atoms with E-state index in [9.17, 15) is 13.2 Å². The molecule has 0 aliphatic heterocycles. The predicted octanol–water partition coefficient (Wildman–Crippen LogP) is 2.72. The van der Waals surface area contributed by atoms with E-state index in [2.05, 4.69) is 25.0 Å². The summed E-state index contributed by atoms with van der Waals surface area (Å²) in [7, 11) is 0. The van der Waals surface area contributed by atoms with Crippen LogP contribution in [0.3, 0.4) is 0 Å². The molecule has 1 aliphatic rings. The van der Waals surface area contributed by atoms with Gasteiger partial charge in [0.15, 0.2) is 0 Å². The van der Waals surface area contributed by atoms with Crippen molar-refractivity contribution in [1.82, 2.24) is 29.5 Å². The minimum absolute atomic E-state index is 0.215. The average Bonchev–Trinajstić information content (AvgIpc) is 3.05. The molecule has 9 heteroatoms. The van der Waals surface area contributed by atoms with Gasteiger partial charge in [0.2, 0.25) is 5.82 Å². The lowest BCUT2D eigenvalue weighted by molar-refractivity contribution is -0.144. The molecule has 1 N–H and O–H groups in total. The summed E-state index contributed by atoms with van der Waals surface area (Å²) in [6.07, 6.45) is -1.12. The second kappa shape index (κ2) is 4.28. The van der Waals surface area contributed by atoms with Gasteiger partial charge in [-0.25, -0.2) is 9.97 Å². The Morgan fingerprint density at radius 1 is 1.27 bits per heavy atom. The molecule has 3 aromatic rings. The monoisotopic (exact) mass is 308 g/mol. The summed E-state index contributed by atoms with van der Waals surface area (Å²) in [6, 6.07) is 1.75. The van der Waals surface area contributed by atoms with Crippen LogP contribution < -0.4 is 0 Å². The fourth-order valence-corrected chi connectivity index (χ4v) is 2.43. The van der Waals surface area contributed by atoms with E-state index in [-0.39, 0.29) is 5.69 Å². The second-order valence-corrected chi connectivity index (χ2v) is 5.37. The van der Waals surface area contributed by atoms with Crippen LogP contribution in [0, 0.1) is 6.92 Å². The number of nitrogens with zero attached hydrogens (tertiary/aromatic N) is 5. The second-order valence-electron chi connectivity index (χ2n) is 5.37. The zero-order valence-corrected chi connectivity index (χ0v) is 11.5. The molecule has 0 bridgehead atoms. The largest absolute Gasteiger partial charge is 0.449 e. The zero-order valence-electron chi connectivity index (χ0n) is 11.5. The average molecular weight is 308 g/mol. The lowest BCUT2D eigenvalue weighted by Gasteiger charge is -2.05. The summed E-state index contributed by atoms with van der Waals surface area (Å²) in [6.45, 7) is 1.55. The van der Waals surface area contributed by atoms with Gasteiger partial charge in [-0.3, -0.25) is 0 Å². The Bertz CT molecular complexity index is 858. The van der Waals surface area contributed by atoms with Crippen LogP contribution in [0.25, 0.3) is 17.2 Å². The first-order chi connectivity index (χ1) is 10.4. The molecule has 0 unspecified atom stereocenters. The van der Waals surface area contributed by atoms with E-state index in [1.165, 1.54) is 10.8 Å². The Labute approximate surface area is 122 Å². The number of aryl methyl sites for hydroxylation is 1. The molecule has 22 heavy (non-hydrogen) atoms. The lowest BCUT2D eigenvalue weighted by atomic mass is 10.2. The van der Waals surface area contributed by atoms with E-state index < -0.39 is 12.0 Å². The normalized spacial score (nSPS) is 15.6. The van der Waals surface area contributed by atoms with Crippen LogP contribution in [0.1, 0.15) is 36.0 Å². The van der Waals surface area contributed by atoms with Gasteiger partial charge in [-0.05, 0) is 25.8 Å². The molecule has 4 rings (SSSR count). The van der Waals surface area contributed by atoms with E-state index >= 15 is 0 Å². The van der Waals surface area contributed by atoms with Crippen LogP contribution in [0.5, 0.6) is 0 Å². The number of alkyl halides is 3. The first kappa shape index (κ1) is 13.2. The minimum atomic E-state index is -4.52. The smallest absolute Gasteiger partial charge is 0.338 e. The van der Waals surface area contributed by atoms with Crippen molar-refractivity contribution in [1.29, 1.82) is 0 Å². The maximum Gasteiger partial charge on any atom is 0.449 e. The third-order valence-corrected chi connectivity index (χ3v) is 3.66. The number of aromatic amines is 1. The fourth-order valence-electron chi connectivity index (χ4n) is 2.43. The summed E-state index contributed by atoms with van der Waals surface area (Å²) in [4.78, 5) is 14.4. The topological polar surface area (TPSA) is 71.8 Å². The molecular weight excluding hydrogens is 297 g/mol. The van der Waals surface area contributed by atoms with Crippen molar-refractivity contribution < 1.29 is 13.2 Å². The molecule has 6 nitrogen and oxygen atoms in total. The Hall–Kier alpha value is -2.45. The van der Waals surface area contributed by atoms with Gasteiger partial charge in [0.1, 0.15) is 12.0 Å². The van der Waals surface area contributed by atoms with Gasteiger partial charge in [0, 0.05) is 17.3 Å². The van der Waals surface area contributed by atoms with E-state index in [1.54, 1.807) is 13.0 Å². The van der Waals surface area contributed by atoms with Crippen LogP contribution in [-0.2, 0) is 6.18 Å². The molecule has 0 amide bonds. The fraction of sp³-hybridized carbons (Fsp3) is 0.385. The third kappa shape index (κ3) is 2.04. The van der Waals surface area contributed by atoms with E-state index in [4.69, 9.17) is 0 Å². The number of hydrogen-bond donors (Lipinski definition) is 1. The molecule has 1 fully saturated rings. The number of nitrogens with one attached hydrogen (secondary N) is 1. The summed E-state index contributed by atoms with van der Waals surface area (Å²) in [5.41, 5.74) is 1.84. The zero-order chi connectivity index (χ0) is 15.5. The molecule has 3 aromatic heterocycles. The van der Waals surface area contributed by atoms with E-state index in [0.717, 1.165) is 18.5 Å². The maximum absolute atomic E-state index is 12.8. The molecule has 0 radical (unpaired) electrons. The first-order valence-electron chi connectivity index (χ1n) is 6.78. The number of fused-ring (bicyclic) bond motifs is 1. The Morgan fingerprint density at radius 2 is 2.05 bits per heavy atom. The van der Waals surface area contributed by atoms with Crippen LogP contribution in [0.4, 0.5) is 13.2 Å². The van der Waals surface area contributed by atoms with Crippen molar-refractivity contribution in [2.24, 2.45) is 0 Å². The highest BCUT2D eigenvalue weighted by atomic mass is 19.4. The molecule has 1 saturated carbocycles. The van der Waals surface area contributed by atoms with Crippen molar-refractivity contribution in [3.8, 4) is 11.4 Å². The number of halogens is 3. The van der Waals surface area contributed by atoms with Gasteiger partial charge in [0.05, 0.1) is 5.69 Å². The predicted molar refractivity (Wildman–Crippen MR) is 70.1 cm³/mol. The molecule has 0 saturated heterocycles. The van der Waals surface area contributed by atoms with E-state index in [1.807, 2.05) is 0 Å². The Morgan fingerprint density at radius 3 is 2.68 bits per heavy atom. The van der Waals surface area contributed by atoms with Crippen LogP contribution in [0.2, 0.25) is 0 Å². The Balaban J connectivity index is 1.93. The van der Waals surface area contributed by atoms with Gasteiger partial charge in [-0.2, -0.15) is 27.8 Å². The first-order valence-corrected chi connectivity index (χ1v) is 6.78. The van der Waals surface area contributed by atoms with Gasteiger partial charge < -0.3 is 4.98 Å². The number of imidazole rings is 1. The number of H-pyrrole nitrogens is 1. The molecule has 114 valence electrons. The van der Waals surface area contributed by atoms with Crippen LogP contribution >= 0.6 is 0 Å². The van der Waals surface area contributed by atoms with Gasteiger partial charge in [-0.15, -0.1) is 0 Å². The van der Waals surface area contributed by atoms with Gasteiger partial charge in [0.25, 0.3) is 5.78 Å². The summed E-state index contributed by atoms with van der Waals surface area (Å²) >= 11 is 0. The number of hydrogen-bond acceptors (Lipinski definition) is 4. The van der Waals surface area contributed by atoms with Gasteiger partial charge in [-0.1, -0.05) is 0 Å². The highest BCUT2D eigenvalue weighted by Gasteiger charge is 2.36. The van der Waals surface area contributed by atoms with Crippen molar-refractivity contribution in [3.05, 3.63) is 29.6 Å². The molecule has 0 atom stereocenters. The quantitative estimate of drug-likeness (QED) is 0.790. The third-order valence-electron chi connectivity index (χ3n) is 3.66. The molecular formula is C13H11F3N6. The minimum Gasteiger partial charge on any atom is -0.338 e. The van der Waals surface area contributed by atoms with Gasteiger partial charge >= 0.3 is 6.18 Å². The molecule has 0 aromatic carbocycles. The van der Waals surface area contributed by atoms with E-state index in [0.29, 0.717) is 23.1 Å². The summed E-state index contributed by atoms with van der Waals surface area (Å²) in [5.74, 6) is -0.296. The summed E-state index contributed by atoms with van der Waals surface area (Å²) < 4.78 is 39.9. The molecule has 0 spiro atoms.